The highest BCUT2D eigenvalue weighted by Gasteiger charge is 2.07. The van der Waals surface area contributed by atoms with Crippen molar-refractivity contribution in [3.8, 4) is 0 Å². The molecule has 0 aliphatic rings. The van der Waals surface area contributed by atoms with Crippen LogP contribution in [-0.4, -0.2) is 31.1 Å². The first kappa shape index (κ1) is 16.5. The van der Waals surface area contributed by atoms with E-state index in [1.165, 1.54) is 0 Å². The van der Waals surface area contributed by atoms with Crippen LogP contribution in [-0.2, 0) is 0 Å². The fourth-order valence-corrected chi connectivity index (χ4v) is 1.76. The van der Waals surface area contributed by atoms with Gasteiger partial charge in [-0.25, -0.2) is 0 Å². The number of nitrogens with one attached hydrogen (secondary N) is 3. The summed E-state index contributed by atoms with van der Waals surface area (Å²) in [5, 5.41) is 9.63. The minimum atomic E-state index is -0.0108. The van der Waals surface area contributed by atoms with Gasteiger partial charge in [0, 0.05) is 36.4 Å². The molecule has 0 heterocycles. The summed E-state index contributed by atoms with van der Waals surface area (Å²) < 4.78 is 0. The van der Waals surface area contributed by atoms with E-state index in [9.17, 15) is 4.79 Å². The van der Waals surface area contributed by atoms with Gasteiger partial charge in [-0.05, 0) is 45.4 Å². The maximum absolute atomic E-state index is 11.9. The predicted octanol–water partition coefficient (Wildman–Crippen LogP) is 2.63. The second kappa shape index (κ2) is 7.90. The van der Waals surface area contributed by atoms with Gasteiger partial charge in [0.05, 0.1) is 0 Å². The third-order valence-corrected chi connectivity index (χ3v) is 2.77. The largest absolute Gasteiger partial charge is 0.384 e. The molecule has 0 saturated carbocycles. The molecular weight excluding hydrogens is 250 g/mol. The van der Waals surface area contributed by atoms with Gasteiger partial charge in [0.25, 0.3) is 5.91 Å². The highest BCUT2D eigenvalue weighted by Crippen LogP contribution is 2.10. The fourth-order valence-electron chi connectivity index (χ4n) is 1.76. The number of carbonyl (C=O) groups is 1. The molecule has 1 aromatic carbocycles. The van der Waals surface area contributed by atoms with Crippen molar-refractivity contribution in [1.82, 2.24) is 10.6 Å². The van der Waals surface area contributed by atoms with Crippen molar-refractivity contribution in [2.24, 2.45) is 0 Å². The number of amides is 1. The number of hydrogen-bond acceptors (Lipinski definition) is 3. The SMILES string of the molecule is CCCNC(=O)c1cccc(NCCNC(C)(C)C)c1. The van der Waals surface area contributed by atoms with Crippen LogP contribution in [0.4, 0.5) is 5.69 Å². The summed E-state index contributed by atoms with van der Waals surface area (Å²) in [5.74, 6) is -0.0108. The summed E-state index contributed by atoms with van der Waals surface area (Å²) in [5.41, 5.74) is 1.81. The first-order valence-electron chi connectivity index (χ1n) is 7.29. The molecule has 0 fully saturated rings. The average molecular weight is 277 g/mol. The minimum Gasteiger partial charge on any atom is -0.384 e. The van der Waals surface area contributed by atoms with E-state index in [-0.39, 0.29) is 11.4 Å². The van der Waals surface area contributed by atoms with Crippen molar-refractivity contribution >= 4 is 11.6 Å². The van der Waals surface area contributed by atoms with Crippen LogP contribution in [0.5, 0.6) is 0 Å². The molecule has 1 aromatic rings. The molecule has 0 aliphatic carbocycles. The summed E-state index contributed by atoms with van der Waals surface area (Å²) in [6.07, 6.45) is 0.947. The van der Waals surface area contributed by atoms with Crippen LogP contribution in [0.15, 0.2) is 24.3 Å². The number of carbonyl (C=O) groups excluding carboxylic acids is 1. The molecular formula is C16H27N3O. The van der Waals surface area contributed by atoms with E-state index in [1.54, 1.807) is 0 Å². The maximum atomic E-state index is 11.9. The Kier molecular flexibility index (Phi) is 6.52. The molecule has 1 rings (SSSR count). The molecule has 4 nitrogen and oxygen atoms in total. The monoisotopic (exact) mass is 277 g/mol. The van der Waals surface area contributed by atoms with E-state index in [0.29, 0.717) is 12.1 Å². The molecule has 112 valence electrons. The van der Waals surface area contributed by atoms with Gasteiger partial charge in [-0.2, -0.15) is 0 Å². The Bertz CT molecular complexity index is 424. The van der Waals surface area contributed by atoms with Gasteiger partial charge in [0.15, 0.2) is 0 Å². The smallest absolute Gasteiger partial charge is 0.251 e. The summed E-state index contributed by atoms with van der Waals surface area (Å²) in [4.78, 5) is 11.9. The van der Waals surface area contributed by atoms with Crippen molar-refractivity contribution in [2.45, 2.75) is 39.7 Å². The van der Waals surface area contributed by atoms with Crippen molar-refractivity contribution in [1.29, 1.82) is 0 Å². The van der Waals surface area contributed by atoms with Gasteiger partial charge < -0.3 is 16.0 Å². The molecule has 0 radical (unpaired) electrons. The maximum Gasteiger partial charge on any atom is 0.251 e. The molecule has 0 atom stereocenters. The van der Waals surface area contributed by atoms with E-state index in [4.69, 9.17) is 0 Å². The Morgan fingerprint density at radius 1 is 1.15 bits per heavy atom. The van der Waals surface area contributed by atoms with Crippen molar-refractivity contribution in [2.75, 3.05) is 25.0 Å². The van der Waals surface area contributed by atoms with E-state index in [1.807, 2.05) is 31.2 Å². The predicted molar refractivity (Wildman–Crippen MR) is 85.3 cm³/mol. The van der Waals surface area contributed by atoms with Gasteiger partial charge in [0.1, 0.15) is 0 Å². The van der Waals surface area contributed by atoms with Crippen LogP contribution >= 0.6 is 0 Å². The molecule has 0 aromatic heterocycles. The Morgan fingerprint density at radius 3 is 2.55 bits per heavy atom. The van der Waals surface area contributed by atoms with Gasteiger partial charge in [-0.3, -0.25) is 4.79 Å². The molecule has 4 heteroatoms. The first-order chi connectivity index (χ1) is 9.42. The molecule has 1 amide bonds. The van der Waals surface area contributed by atoms with Crippen LogP contribution in [0.1, 0.15) is 44.5 Å². The van der Waals surface area contributed by atoms with E-state index in [2.05, 4.69) is 36.7 Å². The molecule has 0 unspecified atom stereocenters. The Morgan fingerprint density at radius 2 is 1.90 bits per heavy atom. The number of rotatable bonds is 7. The molecule has 0 aliphatic heterocycles. The van der Waals surface area contributed by atoms with Gasteiger partial charge >= 0.3 is 0 Å². The van der Waals surface area contributed by atoms with Crippen molar-refractivity contribution < 1.29 is 4.79 Å². The Labute approximate surface area is 122 Å². The average Bonchev–Trinajstić information content (AvgIpc) is 2.40. The zero-order valence-corrected chi connectivity index (χ0v) is 13.0. The van der Waals surface area contributed by atoms with Crippen LogP contribution in [0.2, 0.25) is 0 Å². The van der Waals surface area contributed by atoms with Crippen LogP contribution < -0.4 is 16.0 Å². The molecule has 0 bridgehead atoms. The number of anilines is 1. The lowest BCUT2D eigenvalue weighted by atomic mass is 10.1. The number of hydrogen-bond donors (Lipinski definition) is 3. The third-order valence-electron chi connectivity index (χ3n) is 2.77. The zero-order chi connectivity index (χ0) is 15.0. The van der Waals surface area contributed by atoms with Crippen molar-refractivity contribution in [3.05, 3.63) is 29.8 Å². The van der Waals surface area contributed by atoms with Crippen LogP contribution in [0, 0.1) is 0 Å². The molecule has 20 heavy (non-hydrogen) atoms. The second-order valence-corrected chi connectivity index (χ2v) is 5.94. The van der Waals surface area contributed by atoms with Gasteiger partial charge in [-0.1, -0.05) is 13.0 Å². The summed E-state index contributed by atoms with van der Waals surface area (Å²) in [6.45, 7) is 10.9. The Balaban J connectivity index is 2.45. The lowest BCUT2D eigenvalue weighted by molar-refractivity contribution is 0.0953. The van der Waals surface area contributed by atoms with E-state index >= 15 is 0 Å². The molecule has 0 spiro atoms. The highest BCUT2D eigenvalue weighted by atomic mass is 16.1. The fraction of sp³-hybridized carbons (Fsp3) is 0.562. The highest BCUT2D eigenvalue weighted by molar-refractivity contribution is 5.95. The Hall–Kier alpha value is -1.55. The first-order valence-corrected chi connectivity index (χ1v) is 7.29. The lowest BCUT2D eigenvalue weighted by Crippen LogP contribution is -2.38. The van der Waals surface area contributed by atoms with E-state index in [0.717, 1.165) is 25.2 Å². The topological polar surface area (TPSA) is 53.2 Å². The van der Waals surface area contributed by atoms with Crippen LogP contribution in [0.25, 0.3) is 0 Å². The molecule has 0 saturated heterocycles. The second-order valence-electron chi connectivity index (χ2n) is 5.94. The molecule has 3 N–H and O–H groups in total. The summed E-state index contributed by atoms with van der Waals surface area (Å²) in [6, 6.07) is 7.61. The van der Waals surface area contributed by atoms with E-state index < -0.39 is 0 Å². The van der Waals surface area contributed by atoms with Gasteiger partial charge in [0.2, 0.25) is 0 Å². The summed E-state index contributed by atoms with van der Waals surface area (Å²) >= 11 is 0. The third kappa shape index (κ3) is 6.57. The number of benzene rings is 1. The quantitative estimate of drug-likeness (QED) is 0.672. The zero-order valence-electron chi connectivity index (χ0n) is 13.0. The normalized spacial score (nSPS) is 11.2. The van der Waals surface area contributed by atoms with Crippen molar-refractivity contribution in [3.63, 3.8) is 0 Å². The van der Waals surface area contributed by atoms with Gasteiger partial charge in [-0.15, -0.1) is 0 Å². The van der Waals surface area contributed by atoms with Crippen LogP contribution in [0.3, 0.4) is 0 Å². The summed E-state index contributed by atoms with van der Waals surface area (Å²) in [7, 11) is 0. The minimum absolute atomic E-state index is 0.0108. The standard InChI is InChI=1S/C16H27N3O/c1-5-9-18-15(20)13-7-6-8-14(12-13)17-10-11-19-16(2,3)4/h6-8,12,17,19H,5,9-11H2,1-4H3,(H,18,20). The lowest BCUT2D eigenvalue weighted by Gasteiger charge is -2.20.